The van der Waals surface area contributed by atoms with Gasteiger partial charge in [-0.15, -0.1) is 6.58 Å². The molecule has 38 valence electrons. The van der Waals surface area contributed by atoms with Gasteiger partial charge < -0.3 is 5.11 Å². The van der Waals surface area contributed by atoms with Gasteiger partial charge >= 0.3 is 0 Å². The average molecular weight is 88.2 g/mol. The van der Waals surface area contributed by atoms with Gasteiger partial charge in [-0.2, -0.15) is 0 Å². The summed E-state index contributed by atoms with van der Waals surface area (Å²) < 4.78 is 0. The third kappa shape index (κ3) is 9.33. The van der Waals surface area contributed by atoms with Crippen LogP contribution in [0.4, 0.5) is 0 Å². The molecule has 0 aliphatic carbocycles. The Hall–Kier alpha value is -0.300. The molecule has 0 atom stereocenters. The lowest BCUT2D eigenvalue weighted by atomic mass is 10.5. The Morgan fingerprint density at radius 3 is 2.17 bits per heavy atom. The van der Waals surface area contributed by atoms with Crippen molar-refractivity contribution in [3.05, 3.63) is 12.7 Å². The summed E-state index contributed by atoms with van der Waals surface area (Å²) in [6, 6.07) is 0. The van der Waals surface area contributed by atoms with Crippen LogP contribution in [-0.4, -0.2) is 11.7 Å². The smallest absolute Gasteiger partial charge is 0.0465 e. The highest BCUT2D eigenvalue weighted by Gasteiger charge is 1.62. The molecule has 0 unspecified atom stereocenters. The summed E-state index contributed by atoms with van der Waals surface area (Å²) in [6.07, 6.45) is 2.39. The Balaban J connectivity index is 0. The van der Waals surface area contributed by atoms with E-state index in [0.717, 1.165) is 0 Å². The predicted octanol–water partition coefficient (Wildman–Crippen LogP) is 1.19. The summed E-state index contributed by atoms with van der Waals surface area (Å²) in [5.41, 5.74) is 0. The van der Waals surface area contributed by atoms with Gasteiger partial charge in [0.25, 0.3) is 0 Å². The monoisotopic (exact) mass is 88.1 g/mol. The molecule has 1 N–H and O–H groups in total. The van der Waals surface area contributed by atoms with Gasteiger partial charge in [-0.05, 0) is 6.42 Å². The largest absolute Gasteiger partial charge is 0.396 e. The van der Waals surface area contributed by atoms with Gasteiger partial charge in [-0.25, -0.2) is 0 Å². The zero-order chi connectivity index (χ0) is 4.12. The molecule has 0 aromatic carbocycles. The lowest BCUT2D eigenvalue weighted by molar-refractivity contribution is 0.303. The highest BCUT2D eigenvalue weighted by atomic mass is 16.2. The van der Waals surface area contributed by atoms with Crippen LogP contribution < -0.4 is 0 Å². The number of aliphatic hydroxyl groups excluding tert-OH is 1. The molecular formula is C5H12O. The maximum Gasteiger partial charge on any atom is 0.0465 e. The highest BCUT2D eigenvalue weighted by Crippen LogP contribution is 1.69. The molecular weight excluding hydrogens is 76.1 g/mol. The van der Waals surface area contributed by atoms with Crippen molar-refractivity contribution in [1.29, 1.82) is 0 Å². The van der Waals surface area contributed by atoms with Crippen molar-refractivity contribution in [2.45, 2.75) is 13.8 Å². The van der Waals surface area contributed by atoms with E-state index < -0.39 is 0 Å². The second-order valence-corrected chi connectivity index (χ2v) is 0.801. The first kappa shape index (κ1) is 9.20. The topological polar surface area (TPSA) is 20.2 Å². The molecule has 0 bridgehead atoms. The maximum atomic E-state index is 8.00. The van der Waals surface area contributed by atoms with Crippen molar-refractivity contribution < 1.29 is 5.11 Å². The Morgan fingerprint density at radius 1 is 1.67 bits per heavy atom. The summed E-state index contributed by atoms with van der Waals surface area (Å²) in [5, 5.41) is 8.00. The van der Waals surface area contributed by atoms with Gasteiger partial charge in [0, 0.05) is 6.61 Å². The summed E-state index contributed by atoms with van der Waals surface area (Å²) >= 11 is 0. The van der Waals surface area contributed by atoms with Crippen LogP contribution in [0.15, 0.2) is 12.7 Å². The molecule has 0 aliphatic rings. The fourth-order valence-electron chi connectivity index (χ4n) is 0.0913. The standard InChI is InChI=1S/C4H8O.CH4/c1-2-3-4-5;/h2,5H,1,3-4H2;1H4. The first-order valence-electron chi connectivity index (χ1n) is 1.63. The van der Waals surface area contributed by atoms with Gasteiger partial charge in [0.15, 0.2) is 0 Å². The van der Waals surface area contributed by atoms with Crippen LogP contribution in [0.1, 0.15) is 13.8 Å². The molecule has 0 spiro atoms. The number of hydrogen-bond acceptors (Lipinski definition) is 1. The molecule has 0 aromatic rings. The normalized spacial score (nSPS) is 6.17. The molecule has 0 rings (SSSR count). The highest BCUT2D eigenvalue weighted by molar-refractivity contribution is 4.63. The lowest BCUT2D eigenvalue weighted by Crippen LogP contribution is -1.71. The van der Waals surface area contributed by atoms with E-state index in [-0.39, 0.29) is 14.0 Å². The molecule has 0 saturated heterocycles. The molecule has 0 aliphatic heterocycles. The van der Waals surface area contributed by atoms with E-state index in [1.165, 1.54) is 0 Å². The van der Waals surface area contributed by atoms with Crippen LogP contribution in [0.5, 0.6) is 0 Å². The molecule has 0 fully saturated rings. The zero-order valence-corrected chi connectivity index (χ0v) is 3.15. The van der Waals surface area contributed by atoms with Crippen LogP contribution in [0.25, 0.3) is 0 Å². The van der Waals surface area contributed by atoms with Gasteiger partial charge in [0.1, 0.15) is 0 Å². The van der Waals surface area contributed by atoms with Crippen molar-refractivity contribution in [1.82, 2.24) is 0 Å². The van der Waals surface area contributed by atoms with Crippen LogP contribution in [0.3, 0.4) is 0 Å². The van der Waals surface area contributed by atoms with E-state index in [4.69, 9.17) is 5.11 Å². The minimum Gasteiger partial charge on any atom is -0.396 e. The summed E-state index contributed by atoms with van der Waals surface area (Å²) in [5.74, 6) is 0. The lowest BCUT2D eigenvalue weighted by Gasteiger charge is -1.73. The minimum atomic E-state index is 0. The van der Waals surface area contributed by atoms with Crippen LogP contribution in [0.2, 0.25) is 0 Å². The van der Waals surface area contributed by atoms with Crippen molar-refractivity contribution in [3.63, 3.8) is 0 Å². The molecule has 0 aromatic heterocycles. The third-order valence-corrected chi connectivity index (χ3v) is 0.333. The van der Waals surface area contributed by atoms with E-state index in [9.17, 15) is 0 Å². The Morgan fingerprint density at radius 2 is 2.17 bits per heavy atom. The third-order valence-electron chi connectivity index (χ3n) is 0.333. The second-order valence-electron chi connectivity index (χ2n) is 0.801. The number of rotatable bonds is 2. The summed E-state index contributed by atoms with van der Waals surface area (Å²) in [7, 11) is 0. The van der Waals surface area contributed by atoms with Crippen molar-refractivity contribution in [2.24, 2.45) is 0 Å². The van der Waals surface area contributed by atoms with Gasteiger partial charge in [0.2, 0.25) is 0 Å². The first-order valence-corrected chi connectivity index (χ1v) is 1.63. The molecule has 0 heterocycles. The van der Waals surface area contributed by atoms with Crippen LogP contribution in [-0.2, 0) is 0 Å². The second kappa shape index (κ2) is 8.83. The average Bonchev–Trinajstić information content (AvgIpc) is 1.41. The Bertz CT molecular complexity index is 25.1. The quantitative estimate of drug-likeness (QED) is 0.503. The van der Waals surface area contributed by atoms with Gasteiger partial charge in [-0.1, -0.05) is 13.5 Å². The Kier molecular flexibility index (Phi) is 13.5. The van der Waals surface area contributed by atoms with E-state index in [0.29, 0.717) is 6.42 Å². The fraction of sp³-hybridized carbons (Fsp3) is 0.600. The van der Waals surface area contributed by atoms with Crippen LogP contribution in [0, 0.1) is 0 Å². The van der Waals surface area contributed by atoms with Gasteiger partial charge in [-0.3, -0.25) is 0 Å². The van der Waals surface area contributed by atoms with Crippen molar-refractivity contribution >= 4 is 0 Å². The molecule has 0 amide bonds. The van der Waals surface area contributed by atoms with E-state index in [1.54, 1.807) is 6.08 Å². The van der Waals surface area contributed by atoms with Crippen LogP contribution >= 0.6 is 0 Å². The molecule has 6 heavy (non-hydrogen) atoms. The summed E-state index contributed by atoms with van der Waals surface area (Å²) in [6.45, 7) is 3.62. The van der Waals surface area contributed by atoms with Gasteiger partial charge in [0.05, 0.1) is 0 Å². The minimum absolute atomic E-state index is 0. The van der Waals surface area contributed by atoms with E-state index >= 15 is 0 Å². The van der Waals surface area contributed by atoms with Crippen molar-refractivity contribution in [3.8, 4) is 0 Å². The molecule has 1 heteroatoms. The Labute approximate surface area is 39.3 Å². The summed E-state index contributed by atoms with van der Waals surface area (Å²) in [4.78, 5) is 0. The number of hydrogen-bond donors (Lipinski definition) is 1. The molecule has 0 saturated carbocycles. The zero-order valence-electron chi connectivity index (χ0n) is 3.15. The maximum absolute atomic E-state index is 8.00. The van der Waals surface area contributed by atoms with E-state index in [2.05, 4.69) is 6.58 Å². The van der Waals surface area contributed by atoms with E-state index in [1.807, 2.05) is 0 Å². The predicted molar refractivity (Wildman–Crippen MR) is 28.6 cm³/mol. The fourth-order valence-corrected chi connectivity index (χ4v) is 0.0913. The molecule has 1 nitrogen and oxygen atoms in total. The molecule has 0 radical (unpaired) electrons. The SMILES string of the molecule is C.C=CCCO. The number of aliphatic hydroxyl groups is 1. The van der Waals surface area contributed by atoms with Crippen molar-refractivity contribution in [2.75, 3.05) is 6.61 Å². The first-order chi connectivity index (χ1) is 2.41.